The molecule has 2 unspecified atom stereocenters. The van der Waals surface area contributed by atoms with Gasteiger partial charge in [-0.3, -0.25) is 14.4 Å². The van der Waals surface area contributed by atoms with Crippen molar-refractivity contribution in [2.75, 3.05) is 17.2 Å². The smallest absolute Gasteiger partial charge is 0.250 e. The number of aliphatic hydroxyl groups excluding tert-OH is 1. The van der Waals surface area contributed by atoms with E-state index in [1.807, 2.05) is 57.2 Å². The summed E-state index contributed by atoms with van der Waals surface area (Å²) in [6, 6.07) is 13.4. The first-order valence-corrected chi connectivity index (χ1v) is 12.7. The minimum atomic E-state index is -1.11. The molecule has 6 atom stereocenters. The lowest BCUT2D eigenvalue weighted by Crippen LogP contribution is -2.56. The normalized spacial score (nSPS) is 29.2. The van der Waals surface area contributed by atoms with E-state index in [2.05, 4.69) is 10.6 Å². The standard InChI is InChI=1S/C28H33N3O5/c1-4-19(15-32)31-24(26(34)30-23-16(2)9-8-10-17(23)3)28-14-13-20(36-28)21(22(28)27(31)35)25(33)29-18-11-6-5-7-12-18/h5-12,19-22,24,32H,4,13-15H2,1-3H3,(H,29,33)(H,30,34)/t19-,20-,21+,22-,24?,28?/m0/s1. The molecule has 2 bridgehead atoms. The van der Waals surface area contributed by atoms with Crippen LogP contribution >= 0.6 is 0 Å². The van der Waals surface area contributed by atoms with E-state index in [1.165, 1.54) is 4.90 Å². The molecule has 3 fully saturated rings. The second-order valence-electron chi connectivity index (χ2n) is 10.2. The van der Waals surface area contributed by atoms with Crippen LogP contribution in [0.25, 0.3) is 0 Å². The lowest BCUT2D eigenvalue weighted by Gasteiger charge is -2.36. The third-order valence-corrected chi connectivity index (χ3v) is 8.14. The van der Waals surface area contributed by atoms with Gasteiger partial charge in [0.15, 0.2) is 0 Å². The van der Waals surface area contributed by atoms with E-state index >= 15 is 0 Å². The first-order chi connectivity index (χ1) is 17.3. The van der Waals surface area contributed by atoms with E-state index in [-0.39, 0.29) is 24.3 Å². The number of para-hydroxylation sites is 2. The molecule has 3 heterocycles. The van der Waals surface area contributed by atoms with E-state index in [1.54, 1.807) is 12.1 Å². The van der Waals surface area contributed by atoms with Crippen molar-refractivity contribution >= 4 is 29.1 Å². The molecule has 2 aromatic carbocycles. The van der Waals surface area contributed by atoms with Crippen LogP contribution in [-0.4, -0.2) is 58.1 Å². The van der Waals surface area contributed by atoms with Gasteiger partial charge in [0.05, 0.1) is 30.6 Å². The summed E-state index contributed by atoms with van der Waals surface area (Å²) < 4.78 is 6.46. The van der Waals surface area contributed by atoms with Gasteiger partial charge in [-0.15, -0.1) is 0 Å². The first kappa shape index (κ1) is 24.5. The fourth-order valence-corrected chi connectivity index (χ4v) is 6.45. The molecule has 0 aromatic heterocycles. The molecule has 0 saturated carbocycles. The molecule has 5 rings (SSSR count). The lowest BCUT2D eigenvalue weighted by molar-refractivity contribution is -0.143. The van der Waals surface area contributed by atoms with Crippen LogP contribution in [0.5, 0.6) is 0 Å². The van der Waals surface area contributed by atoms with Crippen molar-refractivity contribution in [1.82, 2.24) is 4.90 Å². The fourth-order valence-electron chi connectivity index (χ4n) is 6.45. The highest BCUT2D eigenvalue weighted by Crippen LogP contribution is 2.59. The van der Waals surface area contributed by atoms with Crippen molar-refractivity contribution in [2.24, 2.45) is 11.8 Å². The number of amides is 3. The van der Waals surface area contributed by atoms with Crippen molar-refractivity contribution in [1.29, 1.82) is 0 Å². The van der Waals surface area contributed by atoms with Gasteiger partial charge < -0.3 is 25.4 Å². The molecule has 3 aliphatic heterocycles. The topological polar surface area (TPSA) is 108 Å². The third-order valence-electron chi connectivity index (χ3n) is 8.14. The summed E-state index contributed by atoms with van der Waals surface area (Å²) in [6.45, 7) is 5.44. The summed E-state index contributed by atoms with van der Waals surface area (Å²) in [4.78, 5) is 42.9. The highest BCUT2D eigenvalue weighted by atomic mass is 16.5. The summed E-state index contributed by atoms with van der Waals surface area (Å²) in [7, 11) is 0. The van der Waals surface area contributed by atoms with Gasteiger partial charge in [0.25, 0.3) is 0 Å². The summed E-state index contributed by atoms with van der Waals surface area (Å²) >= 11 is 0. The number of rotatable bonds is 7. The van der Waals surface area contributed by atoms with Crippen LogP contribution in [-0.2, 0) is 19.1 Å². The van der Waals surface area contributed by atoms with E-state index in [4.69, 9.17) is 4.74 Å². The van der Waals surface area contributed by atoms with Gasteiger partial charge in [0.1, 0.15) is 11.6 Å². The minimum Gasteiger partial charge on any atom is -0.394 e. The van der Waals surface area contributed by atoms with Crippen molar-refractivity contribution in [3.63, 3.8) is 0 Å². The Morgan fingerprint density at radius 3 is 2.42 bits per heavy atom. The average molecular weight is 492 g/mol. The van der Waals surface area contributed by atoms with E-state index in [0.29, 0.717) is 30.6 Å². The second-order valence-corrected chi connectivity index (χ2v) is 10.2. The number of hydrogen-bond acceptors (Lipinski definition) is 5. The van der Waals surface area contributed by atoms with Gasteiger partial charge in [0, 0.05) is 11.4 Å². The van der Waals surface area contributed by atoms with Crippen LogP contribution in [0.15, 0.2) is 48.5 Å². The fraction of sp³-hybridized carbons (Fsp3) is 0.464. The van der Waals surface area contributed by atoms with Gasteiger partial charge in [-0.1, -0.05) is 43.3 Å². The molecule has 8 heteroatoms. The Morgan fingerprint density at radius 2 is 1.78 bits per heavy atom. The van der Waals surface area contributed by atoms with Crippen LogP contribution in [0.1, 0.15) is 37.3 Å². The number of nitrogens with zero attached hydrogens (tertiary/aromatic N) is 1. The summed E-state index contributed by atoms with van der Waals surface area (Å²) in [6.07, 6.45) is 1.14. The zero-order valence-electron chi connectivity index (χ0n) is 20.9. The van der Waals surface area contributed by atoms with Crippen molar-refractivity contribution in [2.45, 2.75) is 63.8 Å². The Morgan fingerprint density at radius 1 is 1.08 bits per heavy atom. The lowest BCUT2D eigenvalue weighted by atomic mass is 9.70. The number of carbonyl (C=O) groups is 3. The molecule has 3 aliphatic rings. The number of fused-ring (bicyclic) bond motifs is 1. The Hall–Kier alpha value is -3.23. The largest absolute Gasteiger partial charge is 0.394 e. The Balaban J connectivity index is 1.52. The van der Waals surface area contributed by atoms with Gasteiger partial charge in [-0.05, 0) is 56.4 Å². The van der Waals surface area contributed by atoms with Crippen molar-refractivity contribution in [3.8, 4) is 0 Å². The van der Waals surface area contributed by atoms with E-state index < -0.39 is 35.6 Å². The van der Waals surface area contributed by atoms with E-state index in [0.717, 1.165) is 11.1 Å². The molecule has 0 radical (unpaired) electrons. The monoisotopic (exact) mass is 491 g/mol. The van der Waals surface area contributed by atoms with E-state index in [9.17, 15) is 19.5 Å². The number of carbonyl (C=O) groups excluding carboxylic acids is 3. The van der Waals surface area contributed by atoms with Crippen LogP contribution in [0.3, 0.4) is 0 Å². The minimum absolute atomic E-state index is 0.275. The number of aliphatic hydroxyl groups is 1. The molecule has 3 N–H and O–H groups in total. The average Bonchev–Trinajstić information content (AvgIpc) is 3.51. The second kappa shape index (κ2) is 9.33. The number of nitrogens with one attached hydrogen (secondary N) is 2. The SMILES string of the molecule is CC[C@@H](CO)N1C(=O)[C@@H]2[C@H](C(=O)Nc3ccccc3)[C@@H]3CCC2(O3)C1C(=O)Nc1c(C)cccc1C. The Bertz CT molecular complexity index is 1160. The number of benzene rings is 2. The summed E-state index contributed by atoms with van der Waals surface area (Å²) in [5.74, 6) is -2.41. The van der Waals surface area contributed by atoms with Gasteiger partial charge in [-0.2, -0.15) is 0 Å². The zero-order valence-corrected chi connectivity index (χ0v) is 20.9. The molecule has 3 amide bonds. The molecular weight excluding hydrogens is 458 g/mol. The summed E-state index contributed by atoms with van der Waals surface area (Å²) in [5.41, 5.74) is 2.08. The predicted octanol–water partition coefficient (Wildman–Crippen LogP) is 3.03. The number of anilines is 2. The number of likely N-dealkylation sites (tertiary alicyclic amines) is 1. The maximum atomic E-state index is 14.0. The maximum Gasteiger partial charge on any atom is 0.250 e. The van der Waals surface area contributed by atoms with Gasteiger partial charge in [-0.25, -0.2) is 0 Å². The highest BCUT2D eigenvalue weighted by Gasteiger charge is 2.75. The van der Waals surface area contributed by atoms with Crippen molar-refractivity contribution in [3.05, 3.63) is 59.7 Å². The zero-order chi connectivity index (χ0) is 25.6. The van der Waals surface area contributed by atoms with Crippen LogP contribution in [0, 0.1) is 25.7 Å². The molecule has 2 aromatic rings. The molecule has 3 saturated heterocycles. The first-order valence-electron chi connectivity index (χ1n) is 12.7. The maximum absolute atomic E-state index is 14.0. The van der Waals surface area contributed by atoms with Crippen LogP contribution in [0.2, 0.25) is 0 Å². The highest BCUT2D eigenvalue weighted by molar-refractivity contribution is 6.05. The molecule has 1 spiro atoms. The quantitative estimate of drug-likeness (QED) is 0.552. The number of aryl methyl sites for hydroxylation is 2. The molecule has 8 nitrogen and oxygen atoms in total. The molecule has 0 aliphatic carbocycles. The summed E-state index contributed by atoms with van der Waals surface area (Å²) in [5, 5.41) is 16.1. The predicted molar refractivity (Wildman–Crippen MR) is 135 cm³/mol. The Kier molecular flexibility index (Phi) is 6.34. The number of hydrogen-bond donors (Lipinski definition) is 3. The van der Waals surface area contributed by atoms with Gasteiger partial charge in [0.2, 0.25) is 17.7 Å². The third kappa shape index (κ3) is 3.71. The van der Waals surface area contributed by atoms with Crippen molar-refractivity contribution < 1.29 is 24.2 Å². The van der Waals surface area contributed by atoms with Crippen LogP contribution in [0.4, 0.5) is 11.4 Å². The Labute approximate surface area is 211 Å². The van der Waals surface area contributed by atoms with Gasteiger partial charge >= 0.3 is 0 Å². The van der Waals surface area contributed by atoms with Crippen LogP contribution < -0.4 is 10.6 Å². The number of ether oxygens (including phenoxy) is 1. The molecule has 190 valence electrons. The molecular formula is C28H33N3O5. The molecule has 36 heavy (non-hydrogen) atoms.